The van der Waals surface area contributed by atoms with E-state index in [0.717, 1.165) is 17.2 Å². The van der Waals surface area contributed by atoms with Crippen molar-refractivity contribution in [2.45, 2.75) is 33.7 Å². The van der Waals surface area contributed by atoms with Crippen molar-refractivity contribution in [2.24, 2.45) is 5.41 Å². The molecular formula is C16H21NO3. The van der Waals surface area contributed by atoms with Crippen molar-refractivity contribution in [1.82, 2.24) is 5.32 Å². The van der Waals surface area contributed by atoms with Gasteiger partial charge in [0.15, 0.2) is 0 Å². The van der Waals surface area contributed by atoms with Gasteiger partial charge in [0, 0.05) is 11.5 Å². The number of carboxylic acid groups (broad SMARTS) is 1. The quantitative estimate of drug-likeness (QED) is 0.830. The second-order valence-electron chi connectivity index (χ2n) is 5.79. The summed E-state index contributed by atoms with van der Waals surface area (Å²) < 4.78 is 0. The molecule has 0 spiro atoms. The normalized spacial score (nSPS) is 13.2. The lowest BCUT2D eigenvalue weighted by Crippen LogP contribution is -2.36. The first-order chi connectivity index (χ1) is 9.20. The minimum atomic E-state index is -0.982. The molecule has 0 saturated carbocycles. The zero-order chi connectivity index (χ0) is 15.3. The van der Waals surface area contributed by atoms with E-state index in [1.165, 1.54) is 6.08 Å². The van der Waals surface area contributed by atoms with E-state index in [0.29, 0.717) is 0 Å². The molecule has 0 radical (unpaired) electrons. The van der Waals surface area contributed by atoms with Crippen LogP contribution in [-0.2, 0) is 9.59 Å². The van der Waals surface area contributed by atoms with Crippen molar-refractivity contribution in [1.29, 1.82) is 0 Å². The molecule has 1 rings (SSSR count). The van der Waals surface area contributed by atoms with Crippen LogP contribution in [0.25, 0.3) is 6.08 Å². The maximum absolute atomic E-state index is 11.9. The Morgan fingerprint density at radius 1 is 1.30 bits per heavy atom. The number of hydrogen-bond acceptors (Lipinski definition) is 2. The fourth-order valence-electron chi connectivity index (χ4n) is 1.60. The molecule has 4 nitrogen and oxygen atoms in total. The molecule has 0 aromatic heterocycles. The van der Waals surface area contributed by atoms with Crippen LogP contribution in [0.3, 0.4) is 0 Å². The number of benzene rings is 1. The summed E-state index contributed by atoms with van der Waals surface area (Å²) in [4.78, 5) is 22.4. The molecule has 1 unspecified atom stereocenters. The Bertz CT molecular complexity index is 527. The molecule has 1 atom stereocenters. The summed E-state index contributed by atoms with van der Waals surface area (Å²) in [7, 11) is 0. The number of amides is 1. The highest BCUT2D eigenvalue weighted by Gasteiger charge is 2.22. The second-order valence-corrected chi connectivity index (χ2v) is 5.79. The van der Waals surface area contributed by atoms with Gasteiger partial charge in [0.1, 0.15) is 0 Å². The Labute approximate surface area is 119 Å². The molecule has 0 aliphatic carbocycles. The molecule has 0 heterocycles. The molecule has 108 valence electrons. The maximum Gasteiger partial charge on any atom is 0.328 e. The van der Waals surface area contributed by atoms with Gasteiger partial charge in [0.25, 0.3) is 0 Å². The monoisotopic (exact) mass is 275 g/mol. The van der Waals surface area contributed by atoms with E-state index in [9.17, 15) is 9.59 Å². The maximum atomic E-state index is 11.9. The predicted molar refractivity (Wildman–Crippen MR) is 79.1 cm³/mol. The lowest BCUT2D eigenvalue weighted by Gasteiger charge is -2.22. The third kappa shape index (κ3) is 4.88. The summed E-state index contributed by atoms with van der Waals surface area (Å²) >= 11 is 0. The number of rotatable bonds is 4. The van der Waals surface area contributed by atoms with Crippen molar-refractivity contribution < 1.29 is 14.7 Å². The van der Waals surface area contributed by atoms with E-state index in [1.807, 2.05) is 52.0 Å². The van der Waals surface area contributed by atoms with Gasteiger partial charge in [0.05, 0.1) is 6.04 Å². The standard InChI is InChI=1S/C16H21NO3/c1-11(17-15(20)16(2,3)4)13-7-5-6-12(10-13)8-9-14(18)19/h5-11H,1-4H3,(H,17,20)(H,18,19). The molecule has 0 bridgehead atoms. The average Bonchev–Trinajstić information content (AvgIpc) is 2.35. The minimum Gasteiger partial charge on any atom is -0.478 e. The van der Waals surface area contributed by atoms with E-state index >= 15 is 0 Å². The lowest BCUT2D eigenvalue weighted by molar-refractivity contribution is -0.131. The van der Waals surface area contributed by atoms with Crippen LogP contribution in [0.4, 0.5) is 0 Å². The first-order valence-electron chi connectivity index (χ1n) is 6.52. The Hall–Kier alpha value is -2.10. The van der Waals surface area contributed by atoms with Crippen molar-refractivity contribution in [2.75, 3.05) is 0 Å². The van der Waals surface area contributed by atoms with Crippen LogP contribution < -0.4 is 5.32 Å². The molecule has 0 saturated heterocycles. The smallest absolute Gasteiger partial charge is 0.328 e. The highest BCUT2D eigenvalue weighted by Crippen LogP contribution is 2.19. The molecule has 1 aromatic carbocycles. The molecule has 4 heteroatoms. The predicted octanol–water partition coefficient (Wildman–Crippen LogP) is 3.01. The van der Waals surface area contributed by atoms with Crippen molar-refractivity contribution >= 4 is 18.0 Å². The topological polar surface area (TPSA) is 66.4 Å². The largest absolute Gasteiger partial charge is 0.478 e. The molecule has 20 heavy (non-hydrogen) atoms. The SMILES string of the molecule is CC(NC(=O)C(C)(C)C)c1cccc(C=CC(=O)O)c1. The van der Waals surface area contributed by atoms with Crippen LogP contribution in [0.15, 0.2) is 30.3 Å². The fraction of sp³-hybridized carbons (Fsp3) is 0.375. The van der Waals surface area contributed by atoms with Crippen LogP contribution in [0.5, 0.6) is 0 Å². The van der Waals surface area contributed by atoms with E-state index in [1.54, 1.807) is 0 Å². The number of aliphatic carboxylic acids is 1. The minimum absolute atomic E-state index is 0.0171. The van der Waals surface area contributed by atoms with Gasteiger partial charge in [-0.25, -0.2) is 4.79 Å². The van der Waals surface area contributed by atoms with Gasteiger partial charge in [0.2, 0.25) is 5.91 Å². The number of nitrogens with one attached hydrogen (secondary N) is 1. The number of carbonyl (C=O) groups excluding carboxylic acids is 1. The Morgan fingerprint density at radius 3 is 2.50 bits per heavy atom. The van der Waals surface area contributed by atoms with Crippen molar-refractivity contribution in [3.8, 4) is 0 Å². The Kier molecular flexibility index (Phi) is 5.08. The van der Waals surface area contributed by atoms with Gasteiger partial charge in [-0.3, -0.25) is 4.79 Å². The highest BCUT2D eigenvalue weighted by atomic mass is 16.4. The first kappa shape index (κ1) is 16.0. The summed E-state index contributed by atoms with van der Waals surface area (Å²) in [5, 5.41) is 11.6. The molecule has 1 amide bonds. The summed E-state index contributed by atoms with van der Waals surface area (Å²) in [5.74, 6) is -0.999. The van der Waals surface area contributed by atoms with Gasteiger partial charge in [-0.15, -0.1) is 0 Å². The van der Waals surface area contributed by atoms with E-state index < -0.39 is 11.4 Å². The van der Waals surface area contributed by atoms with Crippen LogP contribution >= 0.6 is 0 Å². The van der Waals surface area contributed by atoms with E-state index in [-0.39, 0.29) is 11.9 Å². The van der Waals surface area contributed by atoms with Crippen LogP contribution in [-0.4, -0.2) is 17.0 Å². The molecule has 2 N–H and O–H groups in total. The van der Waals surface area contributed by atoms with Gasteiger partial charge >= 0.3 is 5.97 Å². The summed E-state index contributed by atoms with van der Waals surface area (Å²) in [6, 6.07) is 7.32. The third-order valence-corrected chi connectivity index (χ3v) is 2.86. The average molecular weight is 275 g/mol. The van der Waals surface area contributed by atoms with Crippen LogP contribution in [0.1, 0.15) is 44.9 Å². The van der Waals surface area contributed by atoms with Gasteiger partial charge in [-0.2, -0.15) is 0 Å². The van der Waals surface area contributed by atoms with Crippen molar-refractivity contribution in [3.05, 3.63) is 41.5 Å². The zero-order valence-electron chi connectivity index (χ0n) is 12.3. The number of carboxylic acids is 1. The first-order valence-corrected chi connectivity index (χ1v) is 6.52. The molecular weight excluding hydrogens is 254 g/mol. The highest BCUT2D eigenvalue weighted by molar-refractivity contribution is 5.85. The summed E-state index contributed by atoms with van der Waals surface area (Å²) in [6.07, 6.45) is 2.63. The Balaban J connectivity index is 2.84. The molecule has 0 aliphatic rings. The lowest BCUT2D eigenvalue weighted by atomic mass is 9.94. The van der Waals surface area contributed by atoms with Crippen molar-refractivity contribution in [3.63, 3.8) is 0 Å². The molecule has 0 fully saturated rings. The van der Waals surface area contributed by atoms with E-state index in [2.05, 4.69) is 5.32 Å². The zero-order valence-corrected chi connectivity index (χ0v) is 12.3. The third-order valence-electron chi connectivity index (χ3n) is 2.86. The molecule has 1 aromatic rings. The summed E-state index contributed by atoms with van der Waals surface area (Å²) in [5.41, 5.74) is 1.30. The molecule has 0 aliphatic heterocycles. The van der Waals surface area contributed by atoms with Crippen LogP contribution in [0, 0.1) is 5.41 Å². The fourth-order valence-corrected chi connectivity index (χ4v) is 1.60. The van der Waals surface area contributed by atoms with Gasteiger partial charge < -0.3 is 10.4 Å². The number of carbonyl (C=O) groups is 2. The second kappa shape index (κ2) is 6.37. The van der Waals surface area contributed by atoms with Gasteiger partial charge in [-0.05, 0) is 30.2 Å². The Morgan fingerprint density at radius 2 is 1.95 bits per heavy atom. The van der Waals surface area contributed by atoms with E-state index in [4.69, 9.17) is 5.11 Å². The number of hydrogen-bond donors (Lipinski definition) is 2. The van der Waals surface area contributed by atoms with Gasteiger partial charge in [-0.1, -0.05) is 39.0 Å². The van der Waals surface area contributed by atoms with Crippen LogP contribution in [0.2, 0.25) is 0 Å². The summed E-state index contributed by atoms with van der Waals surface area (Å²) in [6.45, 7) is 7.49.